The number of piperidine rings is 1. The van der Waals surface area contributed by atoms with Crippen molar-refractivity contribution in [3.63, 3.8) is 0 Å². The Morgan fingerprint density at radius 1 is 1.35 bits per heavy atom. The summed E-state index contributed by atoms with van der Waals surface area (Å²) in [5.74, 6) is 0.510. The Kier molecular flexibility index (Phi) is 5.74. The number of halogens is 1. The van der Waals surface area contributed by atoms with Crippen molar-refractivity contribution >= 4 is 18.3 Å². The molecule has 2 aliphatic rings. The van der Waals surface area contributed by atoms with Crippen LogP contribution in [0.1, 0.15) is 62.1 Å². The summed E-state index contributed by atoms with van der Waals surface area (Å²) in [6.07, 6.45) is 3.52. The zero-order valence-corrected chi connectivity index (χ0v) is 15.3. The van der Waals surface area contributed by atoms with Crippen molar-refractivity contribution in [2.45, 2.75) is 52.5 Å². The molecule has 1 aromatic rings. The molecule has 1 amide bonds. The molecule has 2 fully saturated rings. The van der Waals surface area contributed by atoms with E-state index >= 15 is 0 Å². The molecule has 0 saturated carbocycles. The van der Waals surface area contributed by atoms with Gasteiger partial charge in [-0.15, -0.1) is 12.4 Å². The van der Waals surface area contributed by atoms with Gasteiger partial charge in [0.15, 0.2) is 0 Å². The molecule has 2 aliphatic heterocycles. The third kappa shape index (κ3) is 3.56. The van der Waals surface area contributed by atoms with Crippen LogP contribution in [-0.4, -0.2) is 46.8 Å². The second-order valence-electron chi connectivity index (χ2n) is 7.14. The van der Waals surface area contributed by atoms with Gasteiger partial charge in [-0.25, -0.2) is 0 Å². The topological polar surface area (TPSA) is 50.2 Å². The van der Waals surface area contributed by atoms with Gasteiger partial charge < -0.3 is 10.2 Å². The molecule has 0 aliphatic carbocycles. The number of amides is 1. The number of carbonyl (C=O) groups excluding carboxylic acids is 1. The molecule has 5 nitrogen and oxygen atoms in total. The van der Waals surface area contributed by atoms with E-state index in [9.17, 15) is 4.79 Å². The van der Waals surface area contributed by atoms with Crippen LogP contribution in [0.3, 0.4) is 0 Å². The summed E-state index contributed by atoms with van der Waals surface area (Å²) in [4.78, 5) is 14.9. The average Bonchev–Trinajstić information content (AvgIpc) is 3.14. The zero-order valence-electron chi connectivity index (χ0n) is 14.5. The number of likely N-dealkylation sites (tertiary alicyclic amines) is 1. The first-order valence-corrected chi connectivity index (χ1v) is 8.62. The number of nitrogens with zero attached hydrogens (tertiary/aromatic N) is 3. The van der Waals surface area contributed by atoms with E-state index in [1.807, 2.05) is 22.6 Å². The van der Waals surface area contributed by atoms with Crippen LogP contribution >= 0.6 is 12.4 Å². The van der Waals surface area contributed by atoms with Crippen LogP contribution in [0.2, 0.25) is 0 Å². The van der Waals surface area contributed by atoms with E-state index in [2.05, 4.69) is 24.3 Å². The fraction of sp³-hybridized carbons (Fsp3) is 0.765. The molecular formula is C17H29ClN4O. The summed E-state index contributed by atoms with van der Waals surface area (Å²) < 4.78 is 1.86. The number of hydrogen-bond acceptors (Lipinski definition) is 3. The fourth-order valence-electron chi connectivity index (χ4n) is 3.70. The van der Waals surface area contributed by atoms with E-state index in [1.165, 1.54) is 6.42 Å². The summed E-state index contributed by atoms with van der Waals surface area (Å²) in [6, 6.07) is 1.98. The van der Waals surface area contributed by atoms with Crippen LogP contribution in [0, 0.1) is 5.41 Å². The number of nitrogens with one attached hydrogen (secondary N) is 1. The van der Waals surface area contributed by atoms with Gasteiger partial charge in [0.2, 0.25) is 0 Å². The highest BCUT2D eigenvalue weighted by Gasteiger charge is 2.38. The molecule has 0 bridgehead atoms. The molecule has 0 aromatic carbocycles. The molecule has 1 spiro atoms. The molecule has 0 atom stereocenters. The molecule has 1 N–H and O–H groups in total. The number of aromatic nitrogens is 2. The number of hydrogen-bond donors (Lipinski definition) is 1. The predicted molar refractivity (Wildman–Crippen MR) is 94.3 cm³/mol. The Bertz CT molecular complexity index is 539. The molecule has 0 unspecified atom stereocenters. The van der Waals surface area contributed by atoms with E-state index in [1.54, 1.807) is 0 Å². The lowest BCUT2D eigenvalue weighted by molar-refractivity contribution is 0.0595. The fourth-order valence-corrected chi connectivity index (χ4v) is 3.70. The molecule has 3 heterocycles. The Morgan fingerprint density at radius 3 is 2.57 bits per heavy atom. The first kappa shape index (κ1) is 18.3. The van der Waals surface area contributed by atoms with Crippen LogP contribution in [0.15, 0.2) is 6.07 Å². The summed E-state index contributed by atoms with van der Waals surface area (Å²) in [6.45, 7) is 11.0. The molecule has 2 saturated heterocycles. The monoisotopic (exact) mass is 340 g/mol. The van der Waals surface area contributed by atoms with Gasteiger partial charge in [-0.3, -0.25) is 9.48 Å². The van der Waals surface area contributed by atoms with Gasteiger partial charge >= 0.3 is 0 Å². The third-order valence-corrected chi connectivity index (χ3v) is 5.35. The van der Waals surface area contributed by atoms with Crippen LogP contribution in [0.25, 0.3) is 0 Å². The lowest BCUT2D eigenvalue weighted by Gasteiger charge is -2.38. The van der Waals surface area contributed by atoms with Crippen LogP contribution < -0.4 is 5.32 Å². The van der Waals surface area contributed by atoms with Gasteiger partial charge in [-0.2, -0.15) is 5.10 Å². The maximum Gasteiger partial charge on any atom is 0.272 e. The smallest absolute Gasteiger partial charge is 0.272 e. The minimum absolute atomic E-state index is 0. The minimum atomic E-state index is 0. The van der Waals surface area contributed by atoms with Gasteiger partial charge in [0.05, 0.1) is 5.69 Å². The predicted octanol–water partition coefficient (Wildman–Crippen LogP) is 2.66. The van der Waals surface area contributed by atoms with E-state index < -0.39 is 0 Å². The van der Waals surface area contributed by atoms with Crippen molar-refractivity contribution < 1.29 is 4.79 Å². The molecule has 3 rings (SSSR count). The zero-order chi connectivity index (χ0) is 15.7. The van der Waals surface area contributed by atoms with Gasteiger partial charge in [0.25, 0.3) is 5.91 Å². The molecule has 6 heteroatoms. The summed E-state index contributed by atoms with van der Waals surface area (Å²) in [5.41, 5.74) is 2.22. The SMILES string of the molecule is CCn1nc(C(C)C)cc1C(=O)N1CCC2(CCNC2)CC1.Cl. The number of rotatable bonds is 3. The van der Waals surface area contributed by atoms with Gasteiger partial charge in [0, 0.05) is 26.2 Å². The standard InChI is InChI=1S/C17H28N4O.ClH/c1-4-21-15(11-14(19-21)13(2)3)16(22)20-9-6-17(7-10-20)5-8-18-12-17;/h11,13,18H,4-10,12H2,1-3H3;1H. The number of carbonyl (C=O) groups is 1. The van der Waals surface area contributed by atoms with E-state index in [0.717, 1.165) is 57.0 Å². The van der Waals surface area contributed by atoms with E-state index in [0.29, 0.717) is 11.3 Å². The largest absolute Gasteiger partial charge is 0.337 e. The van der Waals surface area contributed by atoms with E-state index in [4.69, 9.17) is 0 Å². The summed E-state index contributed by atoms with van der Waals surface area (Å²) in [7, 11) is 0. The molecular weight excluding hydrogens is 312 g/mol. The van der Waals surface area contributed by atoms with Crippen molar-refractivity contribution in [1.82, 2.24) is 20.0 Å². The highest BCUT2D eigenvalue weighted by molar-refractivity contribution is 5.92. The average molecular weight is 341 g/mol. The summed E-state index contributed by atoms with van der Waals surface area (Å²) in [5, 5.41) is 8.05. The minimum Gasteiger partial charge on any atom is -0.337 e. The molecule has 130 valence electrons. The first-order chi connectivity index (χ1) is 10.5. The highest BCUT2D eigenvalue weighted by atomic mass is 35.5. The molecule has 23 heavy (non-hydrogen) atoms. The van der Waals surface area contributed by atoms with Crippen LogP contribution in [0.5, 0.6) is 0 Å². The third-order valence-electron chi connectivity index (χ3n) is 5.35. The van der Waals surface area contributed by atoms with Crippen molar-refractivity contribution in [2.24, 2.45) is 5.41 Å². The maximum absolute atomic E-state index is 12.9. The van der Waals surface area contributed by atoms with Crippen LogP contribution in [-0.2, 0) is 6.54 Å². The van der Waals surface area contributed by atoms with Crippen molar-refractivity contribution in [2.75, 3.05) is 26.2 Å². The highest BCUT2D eigenvalue weighted by Crippen LogP contribution is 2.37. The van der Waals surface area contributed by atoms with Gasteiger partial charge in [0.1, 0.15) is 5.69 Å². The molecule has 1 aromatic heterocycles. The first-order valence-electron chi connectivity index (χ1n) is 8.62. The number of aryl methyl sites for hydroxylation is 1. The summed E-state index contributed by atoms with van der Waals surface area (Å²) >= 11 is 0. The van der Waals surface area contributed by atoms with Crippen LogP contribution in [0.4, 0.5) is 0 Å². The Hall–Kier alpha value is -1.07. The normalized spacial score (nSPS) is 20.1. The Balaban J connectivity index is 0.00000192. The van der Waals surface area contributed by atoms with Crippen molar-refractivity contribution in [3.8, 4) is 0 Å². The van der Waals surface area contributed by atoms with Gasteiger partial charge in [-0.1, -0.05) is 13.8 Å². The second kappa shape index (κ2) is 7.22. The quantitative estimate of drug-likeness (QED) is 0.920. The maximum atomic E-state index is 12.9. The lowest BCUT2D eigenvalue weighted by atomic mass is 9.78. The van der Waals surface area contributed by atoms with E-state index in [-0.39, 0.29) is 18.3 Å². The Labute approximate surface area is 145 Å². The molecule has 0 radical (unpaired) electrons. The van der Waals surface area contributed by atoms with Crippen molar-refractivity contribution in [3.05, 3.63) is 17.5 Å². The second-order valence-corrected chi connectivity index (χ2v) is 7.14. The lowest BCUT2D eigenvalue weighted by Crippen LogP contribution is -2.44. The van der Waals surface area contributed by atoms with Crippen molar-refractivity contribution in [1.29, 1.82) is 0 Å². The Morgan fingerprint density at radius 2 is 2.04 bits per heavy atom. The van der Waals surface area contributed by atoms with Gasteiger partial charge in [-0.05, 0) is 50.1 Å².